The molecule has 2 atom stereocenters. The zero-order valence-electron chi connectivity index (χ0n) is 9.15. The number of ether oxygens (including phenoxy) is 1. The third kappa shape index (κ3) is 3.01. The number of nitrogens with one attached hydrogen (secondary N) is 1. The molecule has 0 bridgehead atoms. The highest BCUT2D eigenvalue weighted by molar-refractivity contribution is 5.13. The standard InChI is InChI=1S/C12H18N2O/c1-10(11-4-6-13-7-5-11)14-9-12-3-2-8-15-12/h4-7,10,12,14H,2-3,8-9H2,1H3/t10-,12+/m0/s1. The minimum absolute atomic E-state index is 0.372. The summed E-state index contributed by atoms with van der Waals surface area (Å²) < 4.78 is 5.56. The van der Waals surface area contributed by atoms with E-state index in [2.05, 4.69) is 17.2 Å². The molecule has 0 saturated carbocycles. The fraction of sp³-hybridized carbons (Fsp3) is 0.583. The monoisotopic (exact) mass is 206 g/mol. The molecule has 3 heteroatoms. The summed E-state index contributed by atoms with van der Waals surface area (Å²) in [7, 11) is 0. The normalized spacial score (nSPS) is 22.9. The zero-order chi connectivity index (χ0) is 10.5. The molecule has 1 saturated heterocycles. The van der Waals surface area contributed by atoms with Crippen LogP contribution in [-0.2, 0) is 4.74 Å². The summed E-state index contributed by atoms with van der Waals surface area (Å²) in [6.45, 7) is 4.05. The molecular weight excluding hydrogens is 188 g/mol. The Labute approximate surface area is 90.9 Å². The number of rotatable bonds is 4. The largest absolute Gasteiger partial charge is 0.377 e. The molecule has 1 aromatic heterocycles. The van der Waals surface area contributed by atoms with E-state index in [4.69, 9.17) is 4.74 Å². The number of aromatic nitrogens is 1. The van der Waals surface area contributed by atoms with Crippen LogP contribution in [0, 0.1) is 0 Å². The first-order valence-corrected chi connectivity index (χ1v) is 5.61. The van der Waals surface area contributed by atoms with Gasteiger partial charge in [0.1, 0.15) is 0 Å². The van der Waals surface area contributed by atoms with E-state index in [0.29, 0.717) is 12.1 Å². The molecule has 1 aliphatic rings. The number of nitrogens with zero attached hydrogens (tertiary/aromatic N) is 1. The second-order valence-corrected chi connectivity index (χ2v) is 4.05. The van der Waals surface area contributed by atoms with Crippen LogP contribution in [0.1, 0.15) is 31.4 Å². The summed E-state index contributed by atoms with van der Waals surface area (Å²) in [5.41, 5.74) is 1.28. The van der Waals surface area contributed by atoms with Crippen molar-refractivity contribution in [2.45, 2.75) is 31.9 Å². The first kappa shape index (κ1) is 10.6. The molecule has 0 spiro atoms. The second-order valence-electron chi connectivity index (χ2n) is 4.05. The highest BCUT2D eigenvalue weighted by Gasteiger charge is 2.16. The summed E-state index contributed by atoms with van der Waals surface area (Å²) >= 11 is 0. The third-order valence-electron chi connectivity index (χ3n) is 2.88. The maximum Gasteiger partial charge on any atom is 0.0700 e. The van der Waals surface area contributed by atoms with Crippen molar-refractivity contribution in [3.63, 3.8) is 0 Å². The first-order chi connectivity index (χ1) is 7.36. The van der Waals surface area contributed by atoms with Gasteiger partial charge in [-0.05, 0) is 37.5 Å². The van der Waals surface area contributed by atoms with Crippen molar-refractivity contribution in [1.29, 1.82) is 0 Å². The predicted molar refractivity (Wildman–Crippen MR) is 59.6 cm³/mol. The van der Waals surface area contributed by atoms with E-state index in [1.165, 1.54) is 18.4 Å². The van der Waals surface area contributed by atoms with Gasteiger partial charge in [-0.25, -0.2) is 0 Å². The van der Waals surface area contributed by atoms with Crippen LogP contribution in [0.4, 0.5) is 0 Å². The van der Waals surface area contributed by atoms with Gasteiger partial charge in [0.15, 0.2) is 0 Å². The molecule has 0 aliphatic carbocycles. The summed E-state index contributed by atoms with van der Waals surface area (Å²) in [6.07, 6.45) is 6.47. The Kier molecular flexibility index (Phi) is 3.69. The second kappa shape index (κ2) is 5.24. The van der Waals surface area contributed by atoms with Crippen molar-refractivity contribution in [2.24, 2.45) is 0 Å². The zero-order valence-corrected chi connectivity index (χ0v) is 9.15. The lowest BCUT2D eigenvalue weighted by Gasteiger charge is -2.16. The average Bonchev–Trinajstić information content (AvgIpc) is 2.80. The summed E-state index contributed by atoms with van der Waals surface area (Å²) in [4.78, 5) is 4.01. The van der Waals surface area contributed by atoms with E-state index < -0.39 is 0 Å². The highest BCUT2D eigenvalue weighted by Crippen LogP contribution is 2.14. The van der Waals surface area contributed by atoms with E-state index in [0.717, 1.165) is 13.2 Å². The van der Waals surface area contributed by atoms with Crippen molar-refractivity contribution in [1.82, 2.24) is 10.3 Å². The van der Waals surface area contributed by atoms with E-state index in [1.807, 2.05) is 24.5 Å². The van der Waals surface area contributed by atoms with Crippen LogP contribution in [0.25, 0.3) is 0 Å². The third-order valence-corrected chi connectivity index (χ3v) is 2.88. The predicted octanol–water partition coefficient (Wildman–Crippen LogP) is 1.91. The SMILES string of the molecule is C[C@H](NC[C@H]1CCCO1)c1ccncc1. The van der Waals surface area contributed by atoms with Crippen LogP contribution in [0.15, 0.2) is 24.5 Å². The van der Waals surface area contributed by atoms with E-state index in [1.54, 1.807) is 0 Å². The molecular formula is C12H18N2O. The minimum Gasteiger partial charge on any atom is -0.377 e. The van der Waals surface area contributed by atoms with E-state index in [9.17, 15) is 0 Å². The van der Waals surface area contributed by atoms with Gasteiger partial charge in [-0.3, -0.25) is 4.98 Å². The highest BCUT2D eigenvalue weighted by atomic mass is 16.5. The Morgan fingerprint density at radius 1 is 1.53 bits per heavy atom. The van der Waals surface area contributed by atoms with Gasteiger partial charge in [-0.1, -0.05) is 0 Å². The van der Waals surface area contributed by atoms with Gasteiger partial charge in [-0.15, -0.1) is 0 Å². The van der Waals surface area contributed by atoms with Crippen molar-refractivity contribution < 1.29 is 4.74 Å². The maximum atomic E-state index is 5.56. The van der Waals surface area contributed by atoms with E-state index >= 15 is 0 Å². The topological polar surface area (TPSA) is 34.1 Å². The Morgan fingerprint density at radius 3 is 3.00 bits per heavy atom. The van der Waals surface area contributed by atoms with Gasteiger partial charge in [-0.2, -0.15) is 0 Å². The molecule has 82 valence electrons. The molecule has 2 heterocycles. The van der Waals surface area contributed by atoms with Crippen LogP contribution in [-0.4, -0.2) is 24.2 Å². The lowest BCUT2D eigenvalue weighted by atomic mass is 10.1. The van der Waals surface area contributed by atoms with Gasteiger partial charge in [0.2, 0.25) is 0 Å². The molecule has 0 aromatic carbocycles. The average molecular weight is 206 g/mol. The van der Waals surface area contributed by atoms with Gasteiger partial charge in [0.25, 0.3) is 0 Å². The van der Waals surface area contributed by atoms with Crippen LogP contribution in [0.3, 0.4) is 0 Å². The molecule has 1 aliphatic heterocycles. The molecule has 0 amide bonds. The molecule has 15 heavy (non-hydrogen) atoms. The van der Waals surface area contributed by atoms with Gasteiger partial charge in [0.05, 0.1) is 6.10 Å². The fourth-order valence-corrected chi connectivity index (χ4v) is 1.88. The van der Waals surface area contributed by atoms with Gasteiger partial charge >= 0.3 is 0 Å². The number of hydrogen-bond acceptors (Lipinski definition) is 3. The van der Waals surface area contributed by atoms with Crippen LogP contribution in [0.5, 0.6) is 0 Å². The lowest BCUT2D eigenvalue weighted by Crippen LogP contribution is -2.28. The van der Waals surface area contributed by atoms with Crippen LogP contribution < -0.4 is 5.32 Å². The molecule has 0 unspecified atom stereocenters. The summed E-state index contributed by atoms with van der Waals surface area (Å²) in [5, 5.41) is 3.49. The molecule has 3 nitrogen and oxygen atoms in total. The Hall–Kier alpha value is -0.930. The quantitative estimate of drug-likeness (QED) is 0.817. The minimum atomic E-state index is 0.372. The fourth-order valence-electron chi connectivity index (χ4n) is 1.88. The Morgan fingerprint density at radius 2 is 2.33 bits per heavy atom. The molecule has 1 N–H and O–H groups in total. The smallest absolute Gasteiger partial charge is 0.0700 e. The molecule has 1 fully saturated rings. The van der Waals surface area contributed by atoms with Gasteiger partial charge < -0.3 is 10.1 Å². The summed E-state index contributed by atoms with van der Waals surface area (Å²) in [5.74, 6) is 0. The van der Waals surface area contributed by atoms with Crippen molar-refractivity contribution in [3.05, 3.63) is 30.1 Å². The maximum absolute atomic E-state index is 5.56. The summed E-state index contributed by atoms with van der Waals surface area (Å²) in [6, 6.07) is 4.47. The van der Waals surface area contributed by atoms with Gasteiger partial charge in [0, 0.05) is 31.6 Å². The number of pyridine rings is 1. The molecule has 0 radical (unpaired) electrons. The molecule has 2 rings (SSSR count). The van der Waals surface area contributed by atoms with E-state index in [-0.39, 0.29) is 0 Å². The van der Waals surface area contributed by atoms with Crippen LogP contribution in [0.2, 0.25) is 0 Å². The number of hydrogen-bond donors (Lipinski definition) is 1. The van der Waals surface area contributed by atoms with Crippen molar-refractivity contribution in [3.8, 4) is 0 Å². The first-order valence-electron chi connectivity index (χ1n) is 5.61. The Balaban J connectivity index is 1.79. The Bertz CT molecular complexity index is 283. The van der Waals surface area contributed by atoms with Crippen molar-refractivity contribution in [2.75, 3.05) is 13.2 Å². The lowest BCUT2D eigenvalue weighted by molar-refractivity contribution is 0.108. The molecule has 1 aromatic rings. The van der Waals surface area contributed by atoms with Crippen molar-refractivity contribution >= 4 is 0 Å². The van der Waals surface area contributed by atoms with Crippen LogP contribution >= 0.6 is 0 Å².